The van der Waals surface area contributed by atoms with Crippen LogP contribution in [0.4, 0.5) is 24.7 Å². The van der Waals surface area contributed by atoms with Crippen molar-refractivity contribution in [2.45, 2.75) is 19.0 Å². The minimum absolute atomic E-state index is 0.287. The highest BCUT2D eigenvalue weighted by Gasteiger charge is 2.44. The van der Waals surface area contributed by atoms with Crippen LogP contribution in [0.3, 0.4) is 0 Å². The lowest BCUT2D eigenvalue weighted by molar-refractivity contribution is -0.0886. The van der Waals surface area contributed by atoms with Crippen LogP contribution in [-0.4, -0.2) is 27.6 Å². The van der Waals surface area contributed by atoms with Crippen LogP contribution in [0.1, 0.15) is 22.3 Å². The van der Waals surface area contributed by atoms with Gasteiger partial charge < -0.3 is 4.90 Å². The number of carbonyl (C=O) groups is 1. The summed E-state index contributed by atoms with van der Waals surface area (Å²) in [6.07, 6.45) is -3.90. The second-order valence-corrected chi connectivity index (χ2v) is 6.12. The first-order valence-electron chi connectivity index (χ1n) is 7.91. The summed E-state index contributed by atoms with van der Waals surface area (Å²) in [5.74, 6) is -2.58. The zero-order valence-corrected chi connectivity index (χ0v) is 14.1. The molecule has 1 aromatic heterocycles. The molecule has 0 saturated heterocycles. The van der Waals surface area contributed by atoms with Crippen molar-refractivity contribution in [2.75, 3.05) is 11.4 Å². The van der Waals surface area contributed by atoms with Crippen molar-refractivity contribution in [1.29, 1.82) is 0 Å². The number of benzene rings is 1. The number of rotatable bonds is 2. The predicted molar refractivity (Wildman–Crippen MR) is 89.1 cm³/mol. The Hall–Kier alpha value is -2.84. The molecule has 0 atom stereocenters. The molecular weight excluding hydrogens is 351 g/mol. The number of anilines is 2. The second-order valence-electron chi connectivity index (χ2n) is 6.12. The van der Waals surface area contributed by atoms with E-state index in [2.05, 4.69) is 0 Å². The number of hydrogen-bond donors (Lipinski definition) is 0. The van der Waals surface area contributed by atoms with Crippen molar-refractivity contribution < 1.29 is 18.0 Å². The average Bonchev–Trinajstić information content (AvgIpc) is 2.61. The smallest absolute Gasteiger partial charge is 0.327 e. The van der Waals surface area contributed by atoms with Gasteiger partial charge >= 0.3 is 11.9 Å². The zero-order chi connectivity index (χ0) is 19.2. The number of aryl methyl sites for hydroxylation is 1. The van der Waals surface area contributed by atoms with E-state index in [1.807, 2.05) is 6.07 Å². The summed E-state index contributed by atoms with van der Waals surface area (Å²) in [4.78, 5) is 38.1. The molecule has 9 heteroatoms. The molecule has 0 N–H and O–H groups in total. The number of fused-ring (bicyclic) bond motifs is 1. The number of carbonyl (C=O) groups excluding carboxylic acids is 1. The molecule has 0 bridgehead atoms. The predicted octanol–water partition coefficient (Wildman–Crippen LogP) is 1.91. The molecule has 0 aliphatic carbocycles. The van der Waals surface area contributed by atoms with Crippen LogP contribution in [0.5, 0.6) is 0 Å². The lowest BCUT2D eigenvalue weighted by Crippen LogP contribution is -2.46. The largest absolute Gasteiger partial charge is 0.455 e. The highest BCUT2D eigenvalue weighted by atomic mass is 19.4. The summed E-state index contributed by atoms with van der Waals surface area (Å²) in [7, 11) is 2.30. The molecule has 1 aromatic carbocycles. The van der Waals surface area contributed by atoms with Crippen LogP contribution in [0.25, 0.3) is 0 Å². The van der Waals surface area contributed by atoms with E-state index >= 15 is 0 Å². The van der Waals surface area contributed by atoms with Crippen LogP contribution in [0.2, 0.25) is 0 Å². The van der Waals surface area contributed by atoms with Crippen molar-refractivity contribution in [1.82, 2.24) is 9.13 Å². The van der Waals surface area contributed by atoms with E-state index in [0.29, 0.717) is 23.1 Å². The van der Waals surface area contributed by atoms with Crippen LogP contribution >= 0.6 is 0 Å². The molecular formula is C17H16F3N3O3. The van der Waals surface area contributed by atoms with E-state index in [1.165, 1.54) is 11.9 Å². The summed E-state index contributed by atoms with van der Waals surface area (Å²) >= 11 is 0. The number of ketones is 1. The number of hydrogen-bond acceptors (Lipinski definition) is 4. The minimum atomic E-state index is -5.23. The van der Waals surface area contributed by atoms with Crippen LogP contribution < -0.4 is 16.1 Å². The Morgan fingerprint density at radius 3 is 2.38 bits per heavy atom. The molecule has 2 aromatic rings. The lowest BCUT2D eigenvalue weighted by atomic mass is 10.0. The molecule has 0 radical (unpaired) electrons. The van der Waals surface area contributed by atoms with Gasteiger partial charge in [0.1, 0.15) is 11.4 Å². The van der Waals surface area contributed by atoms with E-state index in [4.69, 9.17) is 0 Å². The minimum Gasteiger partial charge on any atom is -0.327 e. The molecule has 0 amide bonds. The standard InChI is InChI=1S/C17H16F3N3O3/c1-21-14(23-9-5-7-10-6-3-4-8-11(10)23)12(13(24)17(18,19)20)15(25)22(2)16(21)26/h3-4,6,8H,5,7,9H2,1-2H3. The third-order valence-corrected chi connectivity index (χ3v) is 4.48. The molecule has 0 spiro atoms. The Bertz CT molecular complexity index is 1010. The van der Waals surface area contributed by atoms with Gasteiger partial charge in [0, 0.05) is 26.3 Å². The number of Topliss-reactive ketones (excluding diaryl/α,β-unsaturated/α-hetero) is 1. The van der Waals surface area contributed by atoms with Gasteiger partial charge in [-0.1, -0.05) is 18.2 Å². The van der Waals surface area contributed by atoms with Crippen molar-refractivity contribution in [3.05, 3.63) is 56.2 Å². The zero-order valence-electron chi connectivity index (χ0n) is 14.1. The SMILES string of the molecule is Cn1c(N2CCCc3ccccc32)c(C(=O)C(F)(F)F)c(=O)n(C)c1=O. The Labute approximate surface area is 146 Å². The van der Waals surface area contributed by atoms with Gasteiger partial charge in [-0.2, -0.15) is 13.2 Å². The fourth-order valence-electron chi connectivity index (χ4n) is 3.24. The molecule has 2 heterocycles. The number of nitrogens with zero attached hydrogens (tertiary/aromatic N) is 3. The Morgan fingerprint density at radius 2 is 1.73 bits per heavy atom. The molecule has 6 nitrogen and oxygen atoms in total. The van der Waals surface area contributed by atoms with Crippen LogP contribution in [0, 0.1) is 0 Å². The molecule has 3 rings (SSSR count). The summed E-state index contributed by atoms with van der Waals surface area (Å²) in [6, 6.07) is 7.03. The molecule has 1 aliphatic heterocycles. The first kappa shape index (κ1) is 18.0. The monoisotopic (exact) mass is 367 g/mol. The Morgan fingerprint density at radius 1 is 1.08 bits per heavy atom. The topological polar surface area (TPSA) is 64.3 Å². The number of alkyl halides is 3. The summed E-state index contributed by atoms with van der Waals surface area (Å²) < 4.78 is 40.8. The molecule has 1 aliphatic rings. The highest BCUT2D eigenvalue weighted by molar-refractivity contribution is 6.04. The fourth-order valence-corrected chi connectivity index (χ4v) is 3.24. The molecule has 0 saturated carbocycles. The van der Waals surface area contributed by atoms with Gasteiger partial charge in [0.2, 0.25) is 0 Å². The normalized spacial score (nSPS) is 14.3. The number of aromatic nitrogens is 2. The maximum absolute atomic E-state index is 13.1. The van der Waals surface area contributed by atoms with Gasteiger partial charge in [-0.15, -0.1) is 0 Å². The second kappa shape index (κ2) is 6.15. The van der Waals surface area contributed by atoms with E-state index in [9.17, 15) is 27.6 Å². The molecule has 138 valence electrons. The van der Waals surface area contributed by atoms with Gasteiger partial charge in [0.05, 0.1) is 0 Å². The van der Waals surface area contributed by atoms with Gasteiger partial charge in [0.15, 0.2) is 0 Å². The van der Waals surface area contributed by atoms with Crippen molar-refractivity contribution in [2.24, 2.45) is 14.1 Å². The van der Waals surface area contributed by atoms with Crippen molar-refractivity contribution >= 4 is 17.3 Å². The Balaban J connectivity index is 2.37. The van der Waals surface area contributed by atoms with Crippen LogP contribution in [-0.2, 0) is 20.5 Å². The first-order chi connectivity index (χ1) is 12.1. The van der Waals surface area contributed by atoms with Gasteiger partial charge in [-0.05, 0) is 24.5 Å². The Kier molecular flexibility index (Phi) is 4.25. The van der Waals surface area contributed by atoms with E-state index in [1.54, 1.807) is 18.2 Å². The third kappa shape index (κ3) is 2.73. The van der Waals surface area contributed by atoms with Gasteiger partial charge in [-0.25, -0.2) is 4.79 Å². The summed E-state index contributed by atoms with van der Waals surface area (Å²) in [5, 5.41) is 0. The summed E-state index contributed by atoms with van der Waals surface area (Å²) in [5.41, 5.74) is -1.64. The molecule has 0 fully saturated rings. The van der Waals surface area contributed by atoms with E-state index in [0.717, 1.165) is 17.2 Å². The maximum Gasteiger partial charge on any atom is 0.455 e. The van der Waals surface area contributed by atoms with Gasteiger partial charge in [0.25, 0.3) is 11.3 Å². The average molecular weight is 367 g/mol. The lowest BCUT2D eigenvalue weighted by Gasteiger charge is -2.33. The van der Waals surface area contributed by atoms with Crippen molar-refractivity contribution in [3.63, 3.8) is 0 Å². The first-order valence-corrected chi connectivity index (χ1v) is 7.91. The number of para-hydroxylation sites is 1. The van der Waals surface area contributed by atoms with Crippen LogP contribution in [0.15, 0.2) is 33.9 Å². The fraction of sp³-hybridized carbons (Fsp3) is 0.353. The quantitative estimate of drug-likeness (QED) is 0.761. The third-order valence-electron chi connectivity index (χ3n) is 4.48. The van der Waals surface area contributed by atoms with E-state index < -0.39 is 28.8 Å². The van der Waals surface area contributed by atoms with E-state index in [-0.39, 0.29) is 12.4 Å². The highest BCUT2D eigenvalue weighted by Crippen LogP contribution is 2.35. The maximum atomic E-state index is 13.1. The molecule has 26 heavy (non-hydrogen) atoms. The van der Waals surface area contributed by atoms with Gasteiger partial charge in [-0.3, -0.25) is 18.7 Å². The van der Waals surface area contributed by atoms with Crippen molar-refractivity contribution in [3.8, 4) is 0 Å². The summed E-state index contributed by atoms with van der Waals surface area (Å²) in [6.45, 7) is 0.287. The molecule has 0 unspecified atom stereocenters. The number of halogens is 3.